The predicted molar refractivity (Wildman–Crippen MR) is 45.4 cm³/mol. The monoisotopic (exact) mass is 220 g/mol. The average molecular weight is 220 g/mol. The van der Waals surface area contributed by atoms with Crippen LogP contribution in [0.4, 0.5) is 0 Å². The molecule has 0 saturated carbocycles. The van der Waals surface area contributed by atoms with E-state index in [1.807, 2.05) is 0 Å². The van der Waals surface area contributed by atoms with Crippen LogP contribution in [0.5, 0.6) is 0 Å². The van der Waals surface area contributed by atoms with Crippen molar-refractivity contribution in [3.05, 3.63) is 0 Å². The molecule has 0 spiro atoms. The second kappa shape index (κ2) is 9.58. The molecule has 1 atom stereocenters. The standard InChI is InChI=1S/C3H9O6P.2Na.2H/c4-1-3(5)2-9-10(6,7)8;;;;/h3-5H,1-2H2,(H2,6,7,8);;;;. The number of hydrogen-bond acceptors (Lipinski definition) is 4. The number of hydrogen-bond donors (Lipinski definition) is 4. The molecule has 6 nitrogen and oxygen atoms in total. The molecule has 0 heterocycles. The Morgan fingerprint density at radius 2 is 1.75 bits per heavy atom. The van der Waals surface area contributed by atoms with Crippen molar-refractivity contribution < 1.29 is 29.1 Å². The second-order valence-corrected chi connectivity index (χ2v) is 2.86. The van der Waals surface area contributed by atoms with Crippen LogP contribution in [0.25, 0.3) is 0 Å². The first-order valence-corrected chi connectivity index (χ1v) is 3.98. The molecule has 0 aliphatic carbocycles. The van der Waals surface area contributed by atoms with Gasteiger partial charge in [-0.3, -0.25) is 4.52 Å². The van der Waals surface area contributed by atoms with Crippen molar-refractivity contribution in [1.82, 2.24) is 0 Å². The first-order valence-electron chi connectivity index (χ1n) is 2.44. The molecule has 9 heteroatoms. The molecule has 12 heavy (non-hydrogen) atoms. The molecule has 0 rings (SSSR count). The van der Waals surface area contributed by atoms with Crippen molar-refractivity contribution in [3.63, 3.8) is 0 Å². The molecule has 0 aromatic rings. The molecule has 0 amide bonds. The Labute approximate surface area is 114 Å². The Balaban J connectivity index is -0.000000405. The topological polar surface area (TPSA) is 107 Å². The maximum atomic E-state index is 9.93. The van der Waals surface area contributed by atoms with Gasteiger partial charge in [0.1, 0.15) is 6.10 Å². The van der Waals surface area contributed by atoms with Crippen molar-refractivity contribution in [1.29, 1.82) is 0 Å². The van der Waals surface area contributed by atoms with E-state index in [0.29, 0.717) is 0 Å². The van der Waals surface area contributed by atoms with Crippen LogP contribution >= 0.6 is 7.82 Å². The first-order chi connectivity index (χ1) is 4.45. The zero-order chi connectivity index (χ0) is 8.20. The molecule has 0 bridgehead atoms. The van der Waals surface area contributed by atoms with Gasteiger partial charge in [-0.1, -0.05) is 0 Å². The van der Waals surface area contributed by atoms with E-state index in [1.54, 1.807) is 0 Å². The summed E-state index contributed by atoms with van der Waals surface area (Å²) < 4.78 is 13.8. The molecular weight excluding hydrogens is 209 g/mol. The summed E-state index contributed by atoms with van der Waals surface area (Å²) in [6.45, 7) is -1.15. The van der Waals surface area contributed by atoms with Crippen LogP contribution in [0.1, 0.15) is 0 Å². The van der Waals surface area contributed by atoms with E-state index in [2.05, 4.69) is 4.52 Å². The maximum absolute atomic E-state index is 9.93. The van der Waals surface area contributed by atoms with Crippen LogP contribution in [-0.2, 0) is 9.09 Å². The van der Waals surface area contributed by atoms with E-state index in [4.69, 9.17) is 20.0 Å². The Kier molecular flexibility index (Phi) is 15.6. The van der Waals surface area contributed by atoms with Gasteiger partial charge in [0.2, 0.25) is 0 Å². The van der Waals surface area contributed by atoms with Gasteiger partial charge in [-0.05, 0) is 0 Å². The molecule has 1 unspecified atom stereocenters. The second-order valence-electron chi connectivity index (χ2n) is 1.62. The molecule has 0 aliphatic rings. The van der Waals surface area contributed by atoms with E-state index in [9.17, 15) is 4.57 Å². The molecule has 0 aromatic heterocycles. The van der Waals surface area contributed by atoms with Crippen molar-refractivity contribution in [3.8, 4) is 0 Å². The number of aliphatic hydroxyl groups is 2. The van der Waals surface area contributed by atoms with Crippen molar-refractivity contribution in [2.24, 2.45) is 0 Å². The number of phosphoric ester groups is 1. The summed E-state index contributed by atoms with van der Waals surface area (Å²) in [7, 11) is -4.50. The van der Waals surface area contributed by atoms with E-state index in [-0.39, 0.29) is 59.1 Å². The number of phosphoric acid groups is 1. The van der Waals surface area contributed by atoms with Crippen LogP contribution in [0.2, 0.25) is 0 Å². The van der Waals surface area contributed by atoms with Gasteiger partial charge in [-0.15, -0.1) is 0 Å². The average Bonchev–Trinajstić information content (AvgIpc) is 1.81. The third kappa shape index (κ3) is 14.5. The Morgan fingerprint density at radius 3 is 2.00 bits per heavy atom. The fourth-order valence-corrected chi connectivity index (χ4v) is 0.602. The summed E-state index contributed by atoms with van der Waals surface area (Å²) >= 11 is 0. The molecule has 4 N–H and O–H groups in total. The Morgan fingerprint density at radius 1 is 1.33 bits per heavy atom. The molecular formula is C3H11Na2O6P. The van der Waals surface area contributed by atoms with Crippen LogP contribution in [-0.4, -0.2) is 98.4 Å². The van der Waals surface area contributed by atoms with E-state index in [1.165, 1.54) is 0 Å². The molecule has 66 valence electrons. The first kappa shape index (κ1) is 19.6. The third-order valence-corrected chi connectivity index (χ3v) is 1.13. The van der Waals surface area contributed by atoms with Crippen molar-refractivity contribution >= 4 is 66.9 Å². The summed E-state index contributed by atoms with van der Waals surface area (Å²) in [4.78, 5) is 16.1. The van der Waals surface area contributed by atoms with E-state index in [0.717, 1.165) is 0 Å². The van der Waals surface area contributed by atoms with Gasteiger partial charge in [0.15, 0.2) is 0 Å². The van der Waals surface area contributed by atoms with Crippen molar-refractivity contribution in [2.45, 2.75) is 6.10 Å². The third-order valence-electron chi connectivity index (χ3n) is 0.646. The van der Waals surface area contributed by atoms with Gasteiger partial charge >= 0.3 is 66.9 Å². The van der Waals surface area contributed by atoms with Gasteiger partial charge in [0.25, 0.3) is 0 Å². The Bertz CT molecular complexity index is 137. The van der Waals surface area contributed by atoms with Crippen molar-refractivity contribution in [2.75, 3.05) is 13.2 Å². The van der Waals surface area contributed by atoms with Gasteiger partial charge in [-0.25, -0.2) is 4.57 Å². The quantitative estimate of drug-likeness (QED) is 0.300. The summed E-state index contributed by atoms with van der Waals surface area (Å²) in [5, 5.41) is 16.7. The predicted octanol–water partition coefficient (Wildman–Crippen LogP) is -2.85. The van der Waals surface area contributed by atoms with E-state index < -0.39 is 27.1 Å². The summed E-state index contributed by atoms with van der Waals surface area (Å²) in [5.74, 6) is 0. The normalized spacial score (nSPS) is 12.7. The number of aliphatic hydroxyl groups excluding tert-OH is 2. The van der Waals surface area contributed by atoms with Gasteiger partial charge in [0, 0.05) is 0 Å². The summed E-state index contributed by atoms with van der Waals surface area (Å²) in [6, 6.07) is 0. The molecule has 0 aromatic carbocycles. The summed E-state index contributed by atoms with van der Waals surface area (Å²) in [5.41, 5.74) is 0. The Hall–Kier alpha value is 2.03. The van der Waals surface area contributed by atoms with Crippen LogP contribution in [0.15, 0.2) is 0 Å². The zero-order valence-electron chi connectivity index (χ0n) is 5.04. The van der Waals surface area contributed by atoms with Gasteiger partial charge < -0.3 is 20.0 Å². The number of rotatable bonds is 4. The van der Waals surface area contributed by atoms with E-state index >= 15 is 0 Å². The van der Waals surface area contributed by atoms with Crippen LogP contribution < -0.4 is 0 Å². The van der Waals surface area contributed by atoms with Gasteiger partial charge in [0.05, 0.1) is 13.2 Å². The fraction of sp³-hybridized carbons (Fsp3) is 1.00. The van der Waals surface area contributed by atoms with Crippen LogP contribution in [0.3, 0.4) is 0 Å². The SMILES string of the molecule is O=P(O)(O)OCC(O)CO.[NaH].[NaH]. The molecule has 0 radical (unpaired) electrons. The zero-order valence-corrected chi connectivity index (χ0v) is 5.94. The van der Waals surface area contributed by atoms with Gasteiger partial charge in [-0.2, -0.15) is 0 Å². The minimum absolute atomic E-state index is 0. The fourth-order valence-electron chi connectivity index (χ4n) is 0.236. The summed E-state index contributed by atoms with van der Waals surface area (Å²) in [6.07, 6.45) is -1.24. The molecule has 0 aliphatic heterocycles. The van der Waals surface area contributed by atoms with Crippen LogP contribution in [0, 0.1) is 0 Å². The molecule has 0 fully saturated rings. The minimum atomic E-state index is -4.50. The molecule has 0 saturated heterocycles.